The third-order valence-corrected chi connectivity index (χ3v) is 6.20. The van der Waals surface area contributed by atoms with Crippen LogP contribution in [-0.4, -0.2) is 31.2 Å². The molecule has 5 heteroatoms. The molecule has 1 N–H and O–H groups in total. The van der Waals surface area contributed by atoms with Gasteiger partial charge in [0.1, 0.15) is 0 Å². The van der Waals surface area contributed by atoms with Crippen molar-refractivity contribution in [3.05, 3.63) is 53.9 Å². The van der Waals surface area contributed by atoms with E-state index in [4.69, 9.17) is 9.47 Å². The topological polar surface area (TPSA) is 60.5 Å². The molecule has 0 aliphatic heterocycles. The molecule has 1 heterocycles. The lowest BCUT2D eigenvalue weighted by Crippen LogP contribution is -2.59. The summed E-state index contributed by atoms with van der Waals surface area (Å²) in [7, 11) is 3.31. The van der Waals surface area contributed by atoms with Gasteiger partial charge in [-0.1, -0.05) is 18.9 Å². The second-order valence-electron chi connectivity index (χ2n) is 7.49. The first-order valence-corrected chi connectivity index (χ1v) is 9.65. The molecule has 2 aliphatic carbocycles. The Labute approximate surface area is 160 Å². The van der Waals surface area contributed by atoms with E-state index in [-0.39, 0.29) is 11.9 Å². The Bertz CT molecular complexity index is 808. The SMILES string of the molecule is COc1ccc([C@H]2[C@@H]3CCCC[C@H]3[C@@H]2NC(=O)c2cccnc2)cc1OC. The Balaban J connectivity index is 1.60. The van der Waals surface area contributed by atoms with E-state index >= 15 is 0 Å². The molecule has 0 bridgehead atoms. The van der Waals surface area contributed by atoms with E-state index in [9.17, 15) is 4.79 Å². The molecule has 4 rings (SSSR count). The zero-order valence-electron chi connectivity index (χ0n) is 15.9. The number of fused-ring (bicyclic) bond motifs is 1. The van der Waals surface area contributed by atoms with Crippen molar-refractivity contribution in [2.24, 2.45) is 11.8 Å². The highest BCUT2D eigenvalue weighted by Gasteiger charge is 2.52. The van der Waals surface area contributed by atoms with Crippen molar-refractivity contribution < 1.29 is 14.3 Å². The fourth-order valence-electron chi connectivity index (χ4n) is 4.91. The molecular formula is C22H26N2O3. The maximum Gasteiger partial charge on any atom is 0.253 e. The maximum absolute atomic E-state index is 12.7. The van der Waals surface area contributed by atoms with Crippen molar-refractivity contribution in [1.82, 2.24) is 10.3 Å². The summed E-state index contributed by atoms with van der Waals surface area (Å²) in [4.78, 5) is 16.8. The number of benzene rings is 1. The van der Waals surface area contributed by atoms with Crippen LogP contribution in [0.3, 0.4) is 0 Å². The molecule has 0 unspecified atom stereocenters. The molecule has 4 atom stereocenters. The second kappa shape index (κ2) is 7.59. The first-order chi connectivity index (χ1) is 13.2. The molecule has 0 spiro atoms. The third-order valence-electron chi connectivity index (χ3n) is 6.20. The average molecular weight is 366 g/mol. The highest BCUT2D eigenvalue weighted by atomic mass is 16.5. The Hall–Kier alpha value is -2.56. The number of carbonyl (C=O) groups excluding carboxylic acids is 1. The van der Waals surface area contributed by atoms with Crippen LogP contribution in [0, 0.1) is 11.8 Å². The largest absolute Gasteiger partial charge is 0.493 e. The highest BCUT2D eigenvalue weighted by molar-refractivity contribution is 5.94. The number of hydrogen-bond acceptors (Lipinski definition) is 4. The summed E-state index contributed by atoms with van der Waals surface area (Å²) in [5.74, 6) is 2.93. The number of ether oxygens (including phenoxy) is 2. The molecular weight excluding hydrogens is 340 g/mol. The van der Waals surface area contributed by atoms with Crippen molar-refractivity contribution in [3.63, 3.8) is 0 Å². The van der Waals surface area contributed by atoms with E-state index in [0.717, 1.165) is 11.5 Å². The summed E-state index contributed by atoms with van der Waals surface area (Å²) in [6.45, 7) is 0. The molecule has 1 aromatic heterocycles. The minimum atomic E-state index is -0.0393. The minimum absolute atomic E-state index is 0.0393. The lowest BCUT2D eigenvalue weighted by molar-refractivity contribution is 0.0251. The number of aromatic nitrogens is 1. The Morgan fingerprint density at radius 2 is 1.85 bits per heavy atom. The molecule has 27 heavy (non-hydrogen) atoms. The smallest absolute Gasteiger partial charge is 0.253 e. The fraction of sp³-hybridized carbons (Fsp3) is 0.455. The average Bonchev–Trinajstić information content (AvgIpc) is 2.72. The lowest BCUT2D eigenvalue weighted by Gasteiger charge is -2.55. The van der Waals surface area contributed by atoms with E-state index in [0.29, 0.717) is 23.3 Å². The number of amides is 1. The normalized spacial score (nSPS) is 26.4. The van der Waals surface area contributed by atoms with Crippen LogP contribution in [0.15, 0.2) is 42.7 Å². The van der Waals surface area contributed by atoms with Gasteiger partial charge in [-0.2, -0.15) is 0 Å². The summed E-state index contributed by atoms with van der Waals surface area (Å²) < 4.78 is 10.9. The Kier molecular flexibility index (Phi) is 5.01. The van der Waals surface area contributed by atoms with Crippen molar-refractivity contribution in [3.8, 4) is 11.5 Å². The molecule has 2 saturated carbocycles. The van der Waals surface area contributed by atoms with E-state index in [2.05, 4.69) is 22.4 Å². The van der Waals surface area contributed by atoms with E-state index in [1.807, 2.05) is 12.1 Å². The molecule has 1 aromatic carbocycles. The van der Waals surface area contributed by atoms with Crippen LogP contribution in [0.1, 0.15) is 47.5 Å². The first-order valence-electron chi connectivity index (χ1n) is 9.65. The van der Waals surface area contributed by atoms with Gasteiger partial charge in [0.05, 0.1) is 19.8 Å². The van der Waals surface area contributed by atoms with E-state index in [1.165, 1.54) is 31.2 Å². The van der Waals surface area contributed by atoms with Crippen molar-refractivity contribution in [1.29, 1.82) is 0 Å². The third kappa shape index (κ3) is 3.27. The molecule has 0 radical (unpaired) electrons. The quantitative estimate of drug-likeness (QED) is 0.874. The van der Waals surface area contributed by atoms with Crippen LogP contribution in [0.5, 0.6) is 11.5 Å². The van der Waals surface area contributed by atoms with Gasteiger partial charge in [-0.05, 0) is 54.5 Å². The predicted octanol–water partition coefficient (Wildman–Crippen LogP) is 3.80. The molecule has 2 aromatic rings. The van der Waals surface area contributed by atoms with Gasteiger partial charge in [-0.25, -0.2) is 0 Å². The lowest BCUT2D eigenvalue weighted by atomic mass is 9.53. The number of hydrogen-bond donors (Lipinski definition) is 1. The van der Waals surface area contributed by atoms with Gasteiger partial charge in [0, 0.05) is 24.4 Å². The maximum atomic E-state index is 12.7. The van der Waals surface area contributed by atoms with Gasteiger partial charge < -0.3 is 14.8 Å². The van der Waals surface area contributed by atoms with Gasteiger partial charge >= 0.3 is 0 Å². The van der Waals surface area contributed by atoms with E-state index in [1.54, 1.807) is 32.7 Å². The standard InChI is InChI=1S/C22H26N2O3/c1-26-18-10-9-14(12-19(18)27-2)20-16-7-3-4-8-17(16)21(20)24-22(25)15-6-5-11-23-13-15/h5-6,9-13,16-17,20-21H,3-4,7-8H2,1-2H3,(H,24,25)/t16-,17-,20+,21+/m1/s1. The van der Waals surface area contributed by atoms with Gasteiger partial charge in [-0.15, -0.1) is 0 Å². The molecule has 142 valence electrons. The summed E-state index contributed by atoms with van der Waals surface area (Å²) in [6, 6.07) is 9.90. The van der Waals surface area contributed by atoms with Gasteiger partial charge in [-0.3, -0.25) is 9.78 Å². The number of nitrogens with one attached hydrogen (secondary N) is 1. The van der Waals surface area contributed by atoms with E-state index < -0.39 is 0 Å². The molecule has 2 aliphatic rings. The Morgan fingerprint density at radius 3 is 2.56 bits per heavy atom. The molecule has 2 fully saturated rings. The van der Waals surface area contributed by atoms with Gasteiger partial charge in [0.25, 0.3) is 5.91 Å². The summed E-state index contributed by atoms with van der Waals surface area (Å²) in [6.07, 6.45) is 8.24. The van der Waals surface area contributed by atoms with Crippen LogP contribution < -0.4 is 14.8 Å². The Morgan fingerprint density at radius 1 is 1.07 bits per heavy atom. The molecule has 1 amide bonds. The number of rotatable bonds is 5. The summed E-state index contributed by atoms with van der Waals surface area (Å²) >= 11 is 0. The monoisotopic (exact) mass is 366 g/mol. The zero-order valence-corrected chi connectivity index (χ0v) is 15.9. The molecule has 0 saturated heterocycles. The number of nitrogens with zero attached hydrogens (tertiary/aromatic N) is 1. The first kappa shape index (κ1) is 17.8. The predicted molar refractivity (Wildman–Crippen MR) is 103 cm³/mol. The van der Waals surface area contributed by atoms with Gasteiger partial charge in [0.15, 0.2) is 11.5 Å². The number of pyridine rings is 1. The highest BCUT2D eigenvalue weighted by Crippen LogP contribution is 2.55. The fourth-order valence-corrected chi connectivity index (χ4v) is 4.91. The van der Waals surface area contributed by atoms with Crippen molar-refractivity contribution >= 4 is 5.91 Å². The summed E-state index contributed by atoms with van der Waals surface area (Å²) in [5, 5.41) is 3.30. The molecule has 5 nitrogen and oxygen atoms in total. The van der Waals surface area contributed by atoms with Crippen LogP contribution in [0.25, 0.3) is 0 Å². The van der Waals surface area contributed by atoms with Crippen molar-refractivity contribution in [2.45, 2.75) is 37.6 Å². The second-order valence-corrected chi connectivity index (χ2v) is 7.49. The number of methoxy groups -OCH3 is 2. The zero-order chi connectivity index (χ0) is 18.8. The van der Waals surface area contributed by atoms with Crippen LogP contribution >= 0.6 is 0 Å². The van der Waals surface area contributed by atoms with Crippen molar-refractivity contribution in [2.75, 3.05) is 14.2 Å². The summed E-state index contributed by atoms with van der Waals surface area (Å²) in [5.41, 5.74) is 1.83. The minimum Gasteiger partial charge on any atom is -0.493 e. The number of carbonyl (C=O) groups is 1. The van der Waals surface area contributed by atoms with Gasteiger partial charge in [0.2, 0.25) is 0 Å². The van der Waals surface area contributed by atoms with Crippen LogP contribution in [0.4, 0.5) is 0 Å². The van der Waals surface area contributed by atoms with Crippen LogP contribution in [0.2, 0.25) is 0 Å². The van der Waals surface area contributed by atoms with Crippen LogP contribution in [-0.2, 0) is 0 Å².